The van der Waals surface area contributed by atoms with Gasteiger partial charge in [-0.05, 0) is 39.0 Å². The number of nitrogens with one attached hydrogen (secondary N) is 1. The van der Waals surface area contributed by atoms with E-state index in [0.29, 0.717) is 11.5 Å². The second-order valence-corrected chi connectivity index (χ2v) is 4.59. The Hall–Kier alpha value is -2.50. The number of carbonyl (C=O) groups excluding carboxylic acids is 1. The Morgan fingerprint density at radius 1 is 1.20 bits per heavy atom. The minimum absolute atomic E-state index is 0.310. The third kappa shape index (κ3) is 3.09. The maximum absolute atomic E-state index is 12.1. The van der Waals surface area contributed by atoms with E-state index in [1.807, 2.05) is 13.0 Å². The van der Waals surface area contributed by atoms with E-state index in [4.69, 9.17) is 0 Å². The SMILES string of the molecule is Cc1cccc(NC(=O)[C@H](C)n2nc(C)ccc2=O)n1. The van der Waals surface area contributed by atoms with Gasteiger partial charge in [-0.15, -0.1) is 0 Å². The van der Waals surface area contributed by atoms with Crippen LogP contribution < -0.4 is 10.9 Å². The first kappa shape index (κ1) is 13.9. The average Bonchev–Trinajstić information content (AvgIpc) is 2.40. The number of pyridine rings is 1. The molecule has 2 rings (SSSR count). The fraction of sp³-hybridized carbons (Fsp3) is 0.286. The highest BCUT2D eigenvalue weighted by Gasteiger charge is 2.17. The molecule has 1 amide bonds. The third-order valence-corrected chi connectivity index (χ3v) is 2.84. The van der Waals surface area contributed by atoms with Crippen LogP contribution in [0.5, 0.6) is 0 Å². The molecule has 0 radical (unpaired) electrons. The summed E-state index contributed by atoms with van der Waals surface area (Å²) in [6.07, 6.45) is 0. The third-order valence-electron chi connectivity index (χ3n) is 2.84. The van der Waals surface area contributed by atoms with E-state index in [0.717, 1.165) is 5.69 Å². The van der Waals surface area contributed by atoms with Gasteiger partial charge in [0.2, 0.25) is 5.91 Å². The lowest BCUT2D eigenvalue weighted by atomic mass is 10.3. The fourth-order valence-electron chi connectivity index (χ4n) is 1.75. The Bertz CT molecular complexity index is 694. The van der Waals surface area contributed by atoms with Crippen LogP contribution in [0.15, 0.2) is 35.1 Å². The molecule has 0 spiro atoms. The van der Waals surface area contributed by atoms with Crippen molar-refractivity contribution < 1.29 is 4.79 Å². The molecule has 1 atom stereocenters. The molecule has 104 valence electrons. The van der Waals surface area contributed by atoms with E-state index in [1.54, 1.807) is 32.0 Å². The second kappa shape index (κ2) is 5.64. The van der Waals surface area contributed by atoms with Crippen molar-refractivity contribution in [3.8, 4) is 0 Å². The minimum Gasteiger partial charge on any atom is -0.309 e. The highest BCUT2D eigenvalue weighted by molar-refractivity contribution is 5.92. The smallest absolute Gasteiger partial charge is 0.267 e. The molecule has 6 nitrogen and oxygen atoms in total. The molecule has 0 saturated carbocycles. The number of aromatic nitrogens is 3. The number of aryl methyl sites for hydroxylation is 2. The minimum atomic E-state index is -0.704. The van der Waals surface area contributed by atoms with Crippen LogP contribution in [0.4, 0.5) is 5.82 Å². The van der Waals surface area contributed by atoms with Crippen molar-refractivity contribution in [3.05, 3.63) is 52.1 Å². The molecule has 2 heterocycles. The number of hydrogen-bond acceptors (Lipinski definition) is 4. The largest absolute Gasteiger partial charge is 0.309 e. The Morgan fingerprint density at radius 2 is 1.95 bits per heavy atom. The molecule has 20 heavy (non-hydrogen) atoms. The summed E-state index contributed by atoms with van der Waals surface area (Å²) in [6.45, 7) is 5.23. The van der Waals surface area contributed by atoms with Crippen LogP contribution in [0, 0.1) is 13.8 Å². The summed E-state index contributed by atoms with van der Waals surface area (Å²) in [5.41, 5.74) is 1.18. The molecule has 0 fully saturated rings. The molecule has 6 heteroatoms. The van der Waals surface area contributed by atoms with Gasteiger partial charge in [0.05, 0.1) is 5.69 Å². The molecule has 0 aliphatic heterocycles. The lowest BCUT2D eigenvalue weighted by Crippen LogP contribution is -2.33. The maximum atomic E-state index is 12.1. The molecular formula is C14H16N4O2. The van der Waals surface area contributed by atoms with E-state index < -0.39 is 6.04 Å². The van der Waals surface area contributed by atoms with Crippen LogP contribution in [0.2, 0.25) is 0 Å². The van der Waals surface area contributed by atoms with Gasteiger partial charge in [0.25, 0.3) is 5.56 Å². The molecule has 0 bridgehead atoms. The zero-order valence-corrected chi connectivity index (χ0v) is 11.6. The second-order valence-electron chi connectivity index (χ2n) is 4.59. The van der Waals surface area contributed by atoms with E-state index in [9.17, 15) is 9.59 Å². The van der Waals surface area contributed by atoms with Crippen LogP contribution in [-0.4, -0.2) is 20.7 Å². The van der Waals surface area contributed by atoms with E-state index in [1.165, 1.54) is 10.7 Å². The Balaban J connectivity index is 2.20. The van der Waals surface area contributed by atoms with E-state index in [2.05, 4.69) is 15.4 Å². The zero-order chi connectivity index (χ0) is 14.7. The van der Waals surface area contributed by atoms with Crippen LogP contribution in [-0.2, 0) is 4.79 Å². The van der Waals surface area contributed by atoms with Crippen LogP contribution in [0.3, 0.4) is 0 Å². The van der Waals surface area contributed by atoms with Gasteiger partial charge in [0.15, 0.2) is 0 Å². The molecule has 0 aliphatic rings. The number of hydrogen-bond donors (Lipinski definition) is 1. The Labute approximate surface area is 116 Å². The highest BCUT2D eigenvalue weighted by Crippen LogP contribution is 2.08. The Morgan fingerprint density at radius 3 is 2.65 bits per heavy atom. The normalized spacial score (nSPS) is 11.9. The first-order chi connectivity index (χ1) is 9.47. The number of anilines is 1. The van der Waals surface area contributed by atoms with Crippen molar-refractivity contribution in [2.45, 2.75) is 26.8 Å². The number of amides is 1. The predicted molar refractivity (Wildman–Crippen MR) is 75.5 cm³/mol. The van der Waals surface area contributed by atoms with Gasteiger partial charge in [-0.2, -0.15) is 5.10 Å². The summed E-state index contributed by atoms with van der Waals surface area (Å²) in [6, 6.07) is 7.66. The lowest BCUT2D eigenvalue weighted by molar-refractivity contribution is -0.119. The standard InChI is InChI=1S/C14H16N4O2/c1-9-5-4-6-12(15-9)16-14(20)11(3)18-13(19)8-7-10(2)17-18/h4-8,11H,1-3H3,(H,15,16,20)/t11-/m0/s1. The van der Waals surface area contributed by atoms with Crippen molar-refractivity contribution in [3.63, 3.8) is 0 Å². The summed E-state index contributed by atoms with van der Waals surface area (Å²) in [7, 11) is 0. The molecule has 1 N–H and O–H groups in total. The number of carbonyl (C=O) groups is 1. The lowest BCUT2D eigenvalue weighted by Gasteiger charge is -2.14. The van der Waals surface area contributed by atoms with Crippen molar-refractivity contribution in [2.75, 3.05) is 5.32 Å². The summed E-state index contributed by atoms with van der Waals surface area (Å²) >= 11 is 0. The fourth-order valence-corrected chi connectivity index (χ4v) is 1.75. The molecule has 0 aromatic carbocycles. The molecule has 2 aromatic heterocycles. The quantitative estimate of drug-likeness (QED) is 0.917. The van der Waals surface area contributed by atoms with Gasteiger partial charge in [-0.1, -0.05) is 6.07 Å². The van der Waals surface area contributed by atoms with Gasteiger partial charge in [0, 0.05) is 11.8 Å². The summed E-state index contributed by atoms with van der Waals surface area (Å²) in [5, 5.41) is 6.75. The monoisotopic (exact) mass is 272 g/mol. The van der Waals surface area contributed by atoms with E-state index >= 15 is 0 Å². The van der Waals surface area contributed by atoms with Crippen LogP contribution in [0.25, 0.3) is 0 Å². The Kier molecular flexibility index (Phi) is 3.93. The van der Waals surface area contributed by atoms with Crippen LogP contribution >= 0.6 is 0 Å². The van der Waals surface area contributed by atoms with Crippen molar-refractivity contribution in [2.24, 2.45) is 0 Å². The molecule has 0 aliphatic carbocycles. The first-order valence-corrected chi connectivity index (χ1v) is 6.28. The molecule has 0 saturated heterocycles. The van der Waals surface area contributed by atoms with Gasteiger partial charge in [0.1, 0.15) is 11.9 Å². The maximum Gasteiger partial charge on any atom is 0.267 e. The highest BCUT2D eigenvalue weighted by atomic mass is 16.2. The van der Waals surface area contributed by atoms with Crippen molar-refractivity contribution >= 4 is 11.7 Å². The van der Waals surface area contributed by atoms with Gasteiger partial charge >= 0.3 is 0 Å². The van der Waals surface area contributed by atoms with Crippen molar-refractivity contribution in [1.29, 1.82) is 0 Å². The number of nitrogens with zero attached hydrogens (tertiary/aromatic N) is 3. The topological polar surface area (TPSA) is 76.9 Å². The molecule has 2 aromatic rings. The molecular weight excluding hydrogens is 256 g/mol. The van der Waals surface area contributed by atoms with Crippen LogP contribution in [0.1, 0.15) is 24.4 Å². The van der Waals surface area contributed by atoms with Gasteiger partial charge < -0.3 is 5.32 Å². The summed E-state index contributed by atoms with van der Waals surface area (Å²) in [5.74, 6) is 0.130. The van der Waals surface area contributed by atoms with Gasteiger partial charge in [-0.25, -0.2) is 9.67 Å². The summed E-state index contributed by atoms with van der Waals surface area (Å²) in [4.78, 5) is 28.1. The molecule has 0 unspecified atom stereocenters. The number of rotatable bonds is 3. The average molecular weight is 272 g/mol. The summed E-state index contributed by atoms with van der Waals surface area (Å²) < 4.78 is 1.17. The zero-order valence-electron chi connectivity index (χ0n) is 11.6. The van der Waals surface area contributed by atoms with Crippen molar-refractivity contribution in [1.82, 2.24) is 14.8 Å². The van der Waals surface area contributed by atoms with E-state index in [-0.39, 0.29) is 11.5 Å². The first-order valence-electron chi connectivity index (χ1n) is 6.28. The van der Waals surface area contributed by atoms with Gasteiger partial charge in [-0.3, -0.25) is 9.59 Å². The predicted octanol–water partition coefficient (Wildman–Crippen LogP) is 1.45.